The standard InChI is InChI=1S/C25H15Cl3F3NO3/c26-15-4-2-14(3-5-15)21-22(33)16-6-8-20-17(23(16)35-24(21)25(29,30)31)11-32(12-34-20)10-13-1-7-18(27)19(28)9-13/h1-9H,10-12H2. The minimum Gasteiger partial charge on any atom is -0.478 e. The van der Waals surface area contributed by atoms with Gasteiger partial charge in [-0.2, -0.15) is 13.2 Å². The summed E-state index contributed by atoms with van der Waals surface area (Å²) in [4.78, 5) is 15.2. The molecule has 1 aliphatic rings. The highest BCUT2D eigenvalue weighted by Crippen LogP contribution is 2.40. The van der Waals surface area contributed by atoms with Gasteiger partial charge in [0.1, 0.15) is 18.1 Å². The van der Waals surface area contributed by atoms with Crippen molar-refractivity contribution >= 4 is 45.8 Å². The summed E-state index contributed by atoms with van der Waals surface area (Å²) in [5, 5.41) is 1.17. The van der Waals surface area contributed by atoms with E-state index in [2.05, 4.69) is 0 Å². The molecule has 0 saturated carbocycles. The molecule has 0 aliphatic carbocycles. The molecule has 1 aromatic heterocycles. The number of hydrogen-bond donors (Lipinski definition) is 0. The van der Waals surface area contributed by atoms with Crippen LogP contribution in [0.25, 0.3) is 22.1 Å². The van der Waals surface area contributed by atoms with Gasteiger partial charge in [-0.1, -0.05) is 53.0 Å². The van der Waals surface area contributed by atoms with Gasteiger partial charge in [0.15, 0.2) is 0 Å². The SMILES string of the molecule is O=c1c(-c2ccc(Cl)cc2)c(C(F)(F)F)oc2c3c(ccc12)OCN(Cc1ccc(Cl)c(Cl)c1)C3. The van der Waals surface area contributed by atoms with Crippen molar-refractivity contribution < 1.29 is 22.3 Å². The molecule has 10 heteroatoms. The summed E-state index contributed by atoms with van der Waals surface area (Å²) in [6.45, 7) is 0.789. The van der Waals surface area contributed by atoms with E-state index in [0.717, 1.165) is 5.56 Å². The van der Waals surface area contributed by atoms with E-state index in [0.29, 0.717) is 32.9 Å². The summed E-state index contributed by atoms with van der Waals surface area (Å²) in [6, 6.07) is 13.7. The van der Waals surface area contributed by atoms with Gasteiger partial charge in [0, 0.05) is 18.1 Å². The zero-order valence-electron chi connectivity index (χ0n) is 17.8. The largest absolute Gasteiger partial charge is 0.478 e. The van der Waals surface area contributed by atoms with Crippen LogP contribution in [0.4, 0.5) is 13.2 Å². The Morgan fingerprint density at radius 2 is 1.69 bits per heavy atom. The first-order valence-corrected chi connectivity index (χ1v) is 11.5. The predicted molar refractivity (Wildman–Crippen MR) is 129 cm³/mol. The number of hydrogen-bond acceptors (Lipinski definition) is 4. The normalized spacial score (nSPS) is 14.1. The summed E-state index contributed by atoms with van der Waals surface area (Å²) in [7, 11) is 0. The van der Waals surface area contributed by atoms with E-state index in [9.17, 15) is 18.0 Å². The quantitative estimate of drug-likeness (QED) is 0.266. The first-order chi connectivity index (χ1) is 16.6. The molecule has 4 aromatic rings. The van der Waals surface area contributed by atoms with E-state index in [-0.39, 0.29) is 29.8 Å². The maximum absolute atomic E-state index is 14.1. The van der Waals surface area contributed by atoms with Crippen LogP contribution in [0.3, 0.4) is 0 Å². The lowest BCUT2D eigenvalue weighted by Crippen LogP contribution is -2.32. The molecule has 0 atom stereocenters. The minimum absolute atomic E-state index is 0.0293. The molecule has 0 spiro atoms. The smallest absolute Gasteiger partial charge is 0.450 e. The van der Waals surface area contributed by atoms with E-state index in [1.165, 1.54) is 30.3 Å². The number of alkyl halides is 3. The highest BCUT2D eigenvalue weighted by Gasteiger charge is 2.40. The van der Waals surface area contributed by atoms with Gasteiger partial charge in [0.2, 0.25) is 11.2 Å². The van der Waals surface area contributed by atoms with Crippen molar-refractivity contribution in [3.05, 3.63) is 96.8 Å². The molecule has 3 aromatic carbocycles. The molecule has 180 valence electrons. The molecule has 0 fully saturated rings. The van der Waals surface area contributed by atoms with E-state index in [1.54, 1.807) is 24.3 Å². The summed E-state index contributed by atoms with van der Waals surface area (Å²) in [5.74, 6) is -1.01. The third-order valence-electron chi connectivity index (χ3n) is 5.69. The molecule has 0 N–H and O–H groups in total. The molecule has 0 bridgehead atoms. The van der Waals surface area contributed by atoms with Gasteiger partial charge in [-0.05, 0) is 47.5 Å². The molecule has 0 amide bonds. The topological polar surface area (TPSA) is 42.7 Å². The van der Waals surface area contributed by atoms with Crippen molar-refractivity contribution in [3.8, 4) is 16.9 Å². The van der Waals surface area contributed by atoms with Crippen LogP contribution in [0.15, 0.2) is 63.8 Å². The van der Waals surface area contributed by atoms with Gasteiger partial charge in [0.05, 0.1) is 26.6 Å². The number of fused-ring (bicyclic) bond motifs is 3. The first kappa shape index (κ1) is 24.0. The highest BCUT2D eigenvalue weighted by molar-refractivity contribution is 6.42. The van der Waals surface area contributed by atoms with Crippen LogP contribution in [-0.2, 0) is 19.3 Å². The summed E-state index contributed by atoms with van der Waals surface area (Å²) < 4.78 is 53.4. The Labute approximate surface area is 212 Å². The summed E-state index contributed by atoms with van der Waals surface area (Å²) in [6.07, 6.45) is -4.90. The maximum atomic E-state index is 14.1. The van der Waals surface area contributed by atoms with Crippen LogP contribution in [0, 0.1) is 0 Å². The summed E-state index contributed by atoms with van der Waals surface area (Å²) in [5.41, 5.74) is -0.242. The zero-order valence-corrected chi connectivity index (χ0v) is 20.0. The average molecular weight is 541 g/mol. The number of rotatable bonds is 3. The number of nitrogens with zero attached hydrogens (tertiary/aromatic N) is 1. The van der Waals surface area contributed by atoms with E-state index < -0.39 is 22.9 Å². The lowest BCUT2D eigenvalue weighted by Gasteiger charge is -2.29. The maximum Gasteiger partial charge on any atom is 0.450 e. The lowest BCUT2D eigenvalue weighted by atomic mass is 10.00. The second-order valence-electron chi connectivity index (χ2n) is 8.07. The van der Waals surface area contributed by atoms with Crippen molar-refractivity contribution in [1.29, 1.82) is 0 Å². The zero-order chi connectivity index (χ0) is 24.9. The Kier molecular flexibility index (Phi) is 6.21. The predicted octanol–water partition coefficient (Wildman–Crippen LogP) is 7.79. The number of benzene rings is 3. The molecule has 0 saturated heterocycles. The first-order valence-electron chi connectivity index (χ1n) is 10.4. The van der Waals surface area contributed by atoms with Crippen LogP contribution in [-0.4, -0.2) is 11.6 Å². The third kappa shape index (κ3) is 4.61. The Bertz CT molecular complexity index is 1500. The monoisotopic (exact) mass is 539 g/mol. The van der Waals surface area contributed by atoms with Crippen molar-refractivity contribution in [2.75, 3.05) is 6.73 Å². The second-order valence-corrected chi connectivity index (χ2v) is 9.32. The van der Waals surface area contributed by atoms with Crippen LogP contribution < -0.4 is 10.2 Å². The van der Waals surface area contributed by atoms with Gasteiger partial charge in [-0.25, -0.2) is 0 Å². The van der Waals surface area contributed by atoms with Gasteiger partial charge < -0.3 is 9.15 Å². The van der Waals surface area contributed by atoms with Crippen LogP contribution >= 0.6 is 34.8 Å². The Balaban J connectivity index is 1.62. The van der Waals surface area contributed by atoms with Crippen molar-refractivity contribution in [1.82, 2.24) is 4.90 Å². The van der Waals surface area contributed by atoms with Crippen molar-refractivity contribution in [2.24, 2.45) is 0 Å². The van der Waals surface area contributed by atoms with E-state index in [4.69, 9.17) is 44.0 Å². The van der Waals surface area contributed by atoms with Crippen molar-refractivity contribution in [3.63, 3.8) is 0 Å². The molecule has 5 rings (SSSR count). The molecular formula is C25H15Cl3F3NO3. The van der Waals surface area contributed by atoms with Crippen LogP contribution in [0.5, 0.6) is 5.75 Å². The minimum atomic E-state index is -4.90. The van der Waals surface area contributed by atoms with Crippen molar-refractivity contribution in [2.45, 2.75) is 19.3 Å². The van der Waals surface area contributed by atoms with Gasteiger partial charge >= 0.3 is 6.18 Å². The number of ether oxygens (including phenoxy) is 1. The van der Waals surface area contributed by atoms with Gasteiger partial charge in [-0.15, -0.1) is 0 Å². The fourth-order valence-electron chi connectivity index (χ4n) is 4.09. The summed E-state index contributed by atoms with van der Waals surface area (Å²) >= 11 is 17.9. The molecular weight excluding hydrogens is 526 g/mol. The van der Waals surface area contributed by atoms with Crippen LogP contribution in [0.2, 0.25) is 15.1 Å². The second kappa shape index (κ2) is 9.06. The third-order valence-corrected chi connectivity index (χ3v) is 6.68. The fourth-order valence-corrected chi connectivity index (χ4v) is 4.53. The van der Waals surface area contributed by atoms with Gasteiger partial charge in [0.25, 0.3) is 0 Å². The molecule has 4 nitrogen and oxygen atoms in total. The Morgan fingerprint density at radius 1 is 0.943 bits per heavy atom. The fraction of sp³-hybridized carbons (Fsp3) is 0.160. The van der Waals surface area contributed by atoms with E-state index in [1.807, 2.05) is 4.90 Å². The lowest BCUT2D eigenvalue weighted by molar-refractivity contribution is -0.152. The molecule has 0 unspecified atom stereocenters. The molecule has 2 heterocycles. The molecule has 0 radical (unpaired) electrons. The average Bonchev–Trinajstić information content (AvgIpc) is 2.81. The van der Waals surface area contributed by atoms with Crippen LogP contribution in [0.1, 0.15) is 16.9 Å². The number of halogens is 6. The highest BCUT2D eigenvalue weighted by atomic mass is 35.5. The van der Waals surface area contributed by atoms with E-state index >= 15 is 0 Å². The van der Waals surface area contributed by atoms with Gasteiger partial charge in [-0.3, -0.25) is 9.69 Å². The molecule has 1 aliphatic heterocycles. The Morgan fingerprint density at radius 3 is 2.37 bits per heavy atom. The molecule has 35 heavy (non-hydrogen) atoms. The Hall–Kier alpha value is -2.71.